The van der Waals surface area contributed by atoms with Crippen molar-refractivity contribution in [3.8, 4) is 0 Å². The fourth-order valence-electron chi connectivity index (χ4n) is 3.01. The molecule has 0 amide bonds. The summed E-state index contributed by atoms with van der Waals surface area (Å²) in [5, 5.41) is 3.29. The third kappa shape index (κ3) is 2.93. The second kappa shape index (κ2) is 5.94. The first-order valence-corrected chi connectivity index (χ1v) is 8.95. The number of hydrogen-bond acceptors (Lipinski definition) is 4. The Bertz CT molecular complexity index is 609. The van der Waals surface area contributed by atoms with Gasteiger partial charge < -0.3 is 10.1 Å². The van der Waals surface area contributed by atoms with Gasteiger partial charge in [-0.05, 0) is 43.4 Å². The lowest BCUT2D eigenvalue weighted by Crippen LogP contribution is -2.40. The predicted molar refractivity (Wildman–Crippen MR) is 82.0 cm³/mol. The molecule has 1 fully saturated rings. The molecule has 0 aliphatic carbocycles. The summed E-state index contributed by atoms with van der Waals surface area (Å²) in [5.41, 5.74) is 2.16. The first-order valence-electron chi connectivity index (χ1n) is 7.51. The molecule has 1 saturated heterocycles. The third-order valence-corrected chi connectivity index (χ3v) is 6.31. The second-order valence-electron chi connectivity index (χ2n) is 5.71. The molecule has 0 bridgehead atoms. The molecule has 3 rings (SSSR count). The van der Waals surface area contributed by atoms with Crippen molar-refractivity contribution in [1.82, 2.24) is 4.31 Å². The highest BCUT2D eigenvalue weighted by atomic mass is 32.2. The molecule has 6 heteroatoms. The van der Waals surface area contributed by atoms with Gasteiger partial charge in [0.15, 0.2) is 0 Å². The van der Waals surface area contributed by atoms with Crippen molar-refractivity contribution in [3.63, 3.8) is 0 Å². The van der Waals surface area contributed by atoms with Crippen LogP contribution in [0.5, 0.6) is 0 Å². The molecule has 0 aromatic heterocycles. The van der Waals surface area contributed by atoms with Gasteiger partial charge in [0.05, 0.1) is 4.90 Å². The van der Waals surface area contributed by atoms with Gasteiger partial charge in [-0.1, -0.05) is 6.07 Å². The Morgan fingerprint density at radius 2 is 2.05 bits per heavy atom. The zero-order valence-electron chi connectivity index (χ0n) is 12.3. The van der Waals surface area contributed by atoms with Crippen LogP contribution in [0.1, 0.15) is 24.8 Å². The Morgan fingerprint density at radius 1 is 1.29 bits per heavy atom. The van der Waals surface area contributed by atoms with Crippen LogP contribution < -0.4 is 5.32 Å². The van der Waals surface area contributed by atoms with E-state index in [1.54, 1.807) is 19.2 Å². The van der Waals surface area contributed by atoms with E-state index in [9.17, 15) is 8.42 Å². The SMILES string of the molecule is CN(C1CCOCC1)S(=O)(=O)c1ccc2c(c1)NCCC2. The maximum atomic E-state index is 12.8. The lowest BCUT2D eigenvalue weighted by Gasteiger charge is -2.30. The maximum absolute atomic E-state index is 12.8. The predicted octanol–water partition coefficient (Wildman–Crippen LogP) is 1.84. The van der Waals surface area contributed by atoms with E-state index in [2.05, 4.69) is 5.32 Å². The monoisotopic (exact) mass is 310 g/mol. The smallest absolute Gasteiger partial charge is 0.243 e. The largest absolute Gasteiger partial charge is 0.385 e. The topological polar surface area (TPSA) is 58.6 Å². The van der Waals surface area contributed by atoms with Crippen molar-refractivity contribution in [2.45, 2.75) is 36.6 Å². The number of anilines is 1. The number of benzene rings is 1. The molecule has 0 radical (unpaired) electrons. The third-order valence-electron chi connectivity index (χ3n) is 4.40. The summed E-state index contributed by atoms with van der Waals surface area (Å²) in [6.45, 7) is 2.18. The summed E-state index contributed by atoms with van der Waals surface area (Å²) >= 11 is 0. The average molecular weight is 310 g/mol. The fourth-order valence-corrected chi connectivity index (χ4v) is 4.45. The van der Waals surface area contributed by atoms with E-state index in [4.69, 9.17) is 4.74 Å². The zero-order valence-corrected chi connectivity index (χ0v) is 13.2. The van der Waals surface area contributed by atoms with Crippen molar-refractivity contribution in [1.29, 1.82) is 0 Å². The molecule has 0 saturated carbocycles. The van der Waals surface area contributed by atoms with E-state index in [0.717, 1.165) is 37.9 Å². The Labute approximate surface area is 126 Å². The quantitative estimate of drug-likeness (QED) is 0.925. The van der Waals surface area contributed by atoms with Gasteiger partial charge in [-0.15, -0.1) is 0 Å². The van der Waals surface area contributed by atoms with Gasteiger partial charge in [0.2, 0.25) is 10.0 Å². The molecule has 2 aliphatic rings. The number of fused-ring (bicyclic) bond motifs is 1. The van der Waals surface area contributed by atoms with E-state index in [0.29, 0.717) is 18.1 Å². The van der Waals surface area contributed by atoms with Crippen molar-refractivity contribution >= 4 is 15.7 Å². The summed E-state index contributed by atoms with van der Waals surface area (Å²) < 4.78 is 32.4. The Balaban J connectivity index is 1.86. The molecular formula is C15H22N2O3S. The Hall–Kier alpha value is -1.11. The molecule has 1 aromatic rings. The van der Waals surface area contributed by atoms with Crippen LogP contribution in [0, 0.1) is 0 Å². The first-order chi connectivity index (χ1) is 10.1. The van der Waals surface area contributed by atoms with Crippen molar-refractivity contribution in [2.24, 2.45) is 0 Å². The van der Waals surface area contributed by atoms with Crippen LogP contribution in [0.15, 0.2) is 23.1 Å². The minimum atomic E-state index is -3.43. The molecule has 116 valence electrons. The van der Waals surface area contributed by atoms with Crippen LogP contribution in [0.2, 0.25) is 0 Å². The molecular weight excluding hydrogens is 288 g/mol. The van der Waals surface area contributed by atoms with Crippen LogP contribution in [0.25, 0.3) is 0 Å². The van der Waals surface area contributed by atoms with Crippen LogP contribution in [-0.2, 0) is 21.2 Å². The number of rotatable bonds is 3. The van der Waals surface area contributed by atoms with Gasteiger partial charge in [0.1, 0.15) is 0 Å². The normalized spacial score (nSPS) is 20.1. The minimum absolute atomic E-state index is 0.0349. The van der Waals surface area contributed by atoms with E-state index in [1.165, 1.54) is 9.87 Å². The Kier molecular flexibility index (Phi) is 4.19. The summed E-state index contributed by atoms with van der Waals surface area (Å²) in [6, 6.07) is 5.48. The number of hydrogen-bond donors (Lipinski definition) is 1. The Morgan fingerprint density at radius 3 is 2.81 bits per heavy atom. The second-order valence-corrected chi connectivity index (χ2v) is 7.71. The first kappa shape index (κ1) is 14.8. The van der Waals surface area contributed by atoms with Crippen LogP contribution in [0.3, 0.4) is 0 Å². The summed E-state index contributed by atoms with van der Waals surface area (Å²) in [7, 11) is -1.76. The van der Waals surface area contributed by atoms with Crippen LogP contribution in [0.4, 0.5) is 5.69 Å². The highest BCUT2D eigenvalue weighted by Crippen LogP contribution is 2.28. The molecule has 0 spiro atoms. The van der Waals surface area contributed by atoms with Gasteiger partial charge in [0.25, 0.3) is 0 Å². The van der Waals surface area contributed by atoms with Gasteiger partial charge in [-0.2, -0.15) is 4.31 Å². The number of ether oxygens (including phenoxy) is 1. The van der Waals surface area contributed by atoms with Crippen LogP contribution in [-0.4, -0.2) is 45.6 Å². The van der Waals surface area contributed by atoms with Crippen molar-refractivity contribution in [3.05, 3.63) is 23.8 Å². The summed E-state index contributed by atoms with van der Waals surface area (Å²) in [6.07, 6.45) is 3.64. The maximum Gasteiger partial charge on any atom is 0.243 e. The lowest BCUT2D eigenvalue weighted by molar-refractivity contribution is 0.0632. The summed E-state index contributed by atoms with van der Waals surface area (Å²) in [4.78, 5) is 0.379. The lowest BCUT2D eigenvalue weighted by atomic mass is 10.0. The molecule has 1 aromatic carbocycles. The van der Waals surface area contributed by atoms with E-state index in [1.807, 2.05) is 6.07 Å². The highest BCUT2D eigenvalue weighted by molar-refractivity contribution is 7.89. The van der Waals surface area contributed by atoms with Gasteiger partial charge >= 0.3 is 0 Å². The van der Waals surface area contributed by atoms with Gasteiger partial charge in [0, 0.05) is 38.5 Å². The molecule has 1 N–H and O–H groups in total. The zero-order chi connectivity index (χ0) is 14.9. The van der Waals surface area contributed by atoms with E-state index >= 15 is 0 Å². The van der Waals surface area contributed by atoms with Crippen molar-refractivity contribution in [2.75, 3.05) is 32.1 Å². The number of nitrogens with zero attached hydrogens (tertiary/aromatic N) is 1. The molecule has 0 atom stereocenters. The van der Waals surface area contributed by atoms with E-state index < -0.39 is 10.0 Å². The minimum Gasteiger partial charge on any atom is -0.385 e. The molecule has 2 aliphatic heterocycles. The van der Waals surface area contributed by atoms with E-state index in [-0.39, 0.29) is 6.04 Å². The average Bonchev–Trinajstić information content (AvgIpc) is 2.54. The van der Waals surface area contributed by atoms with Gasteiger partial charge in [-0.3, -0.25) is 0 Å². The number of sulfonamides is 1. The number of aryl methyl sites for hydroxylation is 1. The highest BCUT2D eigenvalue weighted by Gasteiger charge is 2.29. The molecule has 21 heavy (non-hydrogen) atoms. The molecule has 5 nitrogen and oxygen atoms in total. The van der Waals surface area contributed by atoms with Crippen LogP contribution >= 0.6 is 0 Å². The van der Waals surface area contributed by atoms with Gasteiger partial charge in [-0.25, -0.2) is 8.42 Å². The molecule has 2 heterocycles. The van der Waals surface area contributed by atoms with Crippen molar-refractivity contribution < 1.29 is 13.2 Å². The fraction of sp³-hybridized carbons (Fsp3) is 0.600. The number of nitrogens with one attached hydrogen (secondary N) is 1. The summed E-state index contributed by atoms with van der Waals surface area (Å²) in [5.74, 6) is 0. The molecule has 0 unspecified atom stereocenters. The standard InChI is InChI=1S/C15H22N2O3S/c1-17(13-6-9-20-10-7-13)21(18,19)14-5-4-12-3-2-8-16-15(12)11-14/h4-5,11,13,16H,2-3,6-10H2,1H3.